The van der Waals surface area contributed by atoms with Gasteiger partial charge in [-0.3, -0.25) is 0 Å². The van der Waals surface area contributed by atoms with Crippen LogP contribution in [0.1, 0.15) is 64.2 Å². The van der Waals surface area contributed by atoms with Crippen molar-refractivity contribution >= 4 is 5.97 Å². The monoisotopic (exact) mass is 941 g/mol. The number of carbonyl (C=O) groups is 1. The second kappa shape index (κ2) is 22.4. The largest absolute Gasteiger partial charge is 0.460 e. The molecule has 7 fully saturated rings. The van der Waals surface area contributed by atoms with Gasteiger partial charge >= 0.3 is 5.97 Å². The highest BCUT2D eigenvalue weighted by Gasteiger charge is 2.58. The quantitative estimate of drug-likeness (QED) is 0.0464. The predicted octanol–water partition coefficient (Wildman–Crippen LogP) is -6.20. The number of ether oxygens (including phenoxy) is 8. The van der Waals surface area contributed by atoms with Crippen LogP contribution in [-0.2, 0) is 38.0 Å². The average Bonchev–Trinajstić information content (AvgIpc) is 3.29. The Morgan fingerprint density at radius 2 is 1.14 bits per heavy atom. The third kappa shape index (κ3) is 11.7. The van der Waals surface area contributed by atoms with Crippen molar-refractivity contribution in [3.63, 3.8) is 0 Å². The summed E-state index contributed by atoms with van der Waals surface area (Å²) in [4.78, 5) is 12.6. The number of esters is 1. The number of rotatable bonds is 13. The molecule has 24 unspecified atom stereocenters. The molecule has 15 N–H and O–H groups in total. The fraction of sp³-hybridized carbons (Fsp3) is 0.929. The maximum atomic E-state index is 12.6. The van der Waals surface area contributed by atoms with Crippen LogP contribution in [0.3, 0.4) is 0 Å². The third-order valence-corrected chi connectivity index (χ3v) is 14.4. The smallest absolute Gasteiger partial charge is 0.330 e. The summed E-state index contributed by atoms with van der Waals surface area (Å²) in [5.74, 6) is -1.74. The first-order chi connectivity index (χ1) is 31.0. The summed E-state index contributed by atoms with van der Waals surface area (Å²) in [5, 5.41) is 149. The highest BCUT2D eigenvalue weighted by Crippen LogP contribution is 2.44. The Bertz CT molecular complexity index is 1530. The van der Waals surface area contributed by atoms with Gasteiger partial charge in [0.25, 0.3) is 0 Å². The molecule has 0 amide bonds. The van der Waals surface area contributed by atoms with E-state index in [2.05, 4.69) is 0 Å². The van der Waals surface area contributed by atoms with E-state index in [-0.39, 0.29) is 44.1 Å². The minimum absolute atomic E-state index is 0.00393. The highest BCUT2D eigenvalue weighted by atomic mass is 16.8. The minimum atomic E-state index is -1.97. The molecule has 0 radical (unpaired) electrons. The maximum Gasteiger partial charge on any atom is 0.330 e. The van der Waals surface area contributed by atoms with E-state index in [4.69, 9.17) is 37.9 Å². The molecule has 65 heavy (non-hydrogen) atoms. The van der Waals surface area contributed by atoms with Crippen LogP contribution < -0.4 is 0 Å². The summed E-state index contributed by atoms with van der Waals surface area (Å²) in [6.07, 6.45) is -25.9. The van der Waals surface area contributed by atoms with Crippen molar-refractivity contribution < 1.29 is 114 Å². The van der Waals surface area contributed by atoms with Gasteiger partial charge in [0.05, 0.1) is 49.7 Å². The molecule has 7 rings (SSSR count). The topological polar surface area (TPSA) is 378 Å². The van der Waals surface area contributed by atoms with Gasteiger partial charge in [-0.05, 0) is 57.3 Å². The summed E-state index contributed by atoms with van der Waals surface area (Å²) >= 11 is 0. The molecule has 0 aromatic carbocycles. The number of fused-ring (bicyclic) bond motifs is 1. The Morgan fingerprint density at radius 1 is 0.554 bits per heavy atom. The first-order valence-electron chi connectivity index (χ1n) is 22.8. The lowest BCUT2D eigenvalue weighted by molar-refractivity contribution is -0.390. The second-order valence-electron chi connectivity index (χ2n) is 18.9. The van der Waals surface area contributed by atoms with Gasteiger partial charge in [0.1, 0.15) is 86.0 Å². The normalized spacial score (nSPS) is 51.0. The minimum Gasteiger partial charge on any atom is -0.460 e. The van der Waals surface area contributed by atoms with Crippen molar-refractivity contribution in [3.05, 3.63) is 12.2 Å². The van der Waals surface area contributed by atoms with Crippen molar-refractivity contribution in [2.45, 2.75) is 205 Å². The summed E-state index contributed by atoms with van der Waals surface area (Å²) in [6, 6.07) is 0. The summed E-state index contributed by atoms with van der Waals surface area (Å²) in [6.45, 7) is -2.11. The molecule has 0 aromatic rings. The highest BCUT2D eigenvalue weighted by molar-refractivity contribution is 5.81. The van der Waals surface area contributed by atoms with Crippen LogP contribution in [0.5, 0.6) is 0 Å². The Balaban J connectivity index is 1.10. The molecule has 7 aliphatic rings. The molecule has 3 saturated carbocycles. The molecule has 4 saturated heterocycles. The Kier molecular flexibility index (Phi) is 17.7. The van der Waals surface area contributed by atoms with E-state index in [1.165, 1.54) is 6.08 Å². The van der Waals surface area contributed by atoms with Crippen LogP contribution >= 0.6 is 0 Å². The maximum absolute atomic E-state index is 12.6. The summed E-state index contributed by atoms with van der Waals surface area (Å²) in [7, 11) is 0. The van der Waals surface area contributed by atoms with Crippen molar-refractivity contribution in [1.29, 1.82) is 0 Å². The summed E-state index contributed by atoms with van der Waals surface area (Å²) in [5.41, 5.74) is 0. The van der Waals surface area contributed by atoms with E-state index in [1.54, 1.807) is 6.08 Å². The molecule has 0 spiro atoms. The number of hydrogen-bond donors (Lipinski definition) is 14. The zero-order chi connectivity index (χ0) is 46.9. The lowest BCUT2D eigenvalue weighted by Gasteiger charge is -2.50. The van der Waals surface area contributed by atoms with Crippen LogP contribution in [0.25, 0.3) is 0 Å². The molecule has 4 aliphatic heterocycles. The lowest BCUT2D eigenvalue weighted by atomic mass is 9.72. The van der Waals surface area contributed by atoms with Crippen molar-refractivity contribution in [2.75, 3.05) is 19.8 Å². The predicted molar refractivity (Wildman–Crippen MR) is 213 cm³/mol. The molecule has 23 heteroatoms. The lowest BCUT2D eigenvalue weighted by Crippen LogP contribution is -2.66. The first kappa shape index (κ1) is 51.2. The molecule has 24 atom stereocenters. The first-order valence-corrected chi connectivity index (χ1v) is 22.8. The van der Waals surface area contributed by atoms with Crippen LogP contribution in [0, 0.1) is 17.8 Å². The number of carbonyl (C=O) groups excluding carboxylic acids is 1. The van der Waals surface area contributed by atoms with Gasteiger partial charge in [0.15, 0.2) is 31.1 Å². The van der Waals surface area contributed by atoms with Gasteiger partial charge in [0, 0.05) is 24.8 Å². The molecule has 23 nitrogen and oxygen atoms in total. The van der Waals surface area contributed by atoms with E-state index in [0.29, 0.717) is 32.1 Å². The molecule has 374 valence electrons. The van der Waals surface area contributed by atoms with Crippen molar-refractivity contribution in [3.8, 4) is 0 Å². The van der Waals surface area contributed by atoms with E-state index in [0.717, 1.165) is 0 Å². The SMILES string of the molecule is O=C(C=CC1CCC(O)CC1)OCC1OC(OC2C(OC3CC4C(OC5OC(CO)C(O)C(O)C5O)CC(O)CC4[OH+]C3C3CCC(O)C(O)C3)OC(CO)C(O)C2O)C(O)C(O)C1O. The van der Waals surface area contributed by atoms with Gasteiger partial charge in [-0.15, -0.1) is 0 Å². The van der Waals surface area contributed by atoms with Crippen LogP contribution in [-0.4, -0.2) is 243 Å². The Hall–Kier alpha value is -1.63. The second-order valence-corrected chi connectivity index (χ2v) is 18.9. The van der Waals surface area contributed by atoms with Gasteiger partial charge in [-0.1, -0.05) is 6.08 Å². The molecular weight excluding hydrogens is 872 g/mol. The average molecular weight is 942 g/mol. The van der Waals surface area contributed by atoms with E-state index in [9.17, 15) is 76.3 Å². The zero-order valence-electron chi connectivity index (χ0n) is 35.8. The van der Waals surface area contributed by atoms with Gasteiger partial charge in [0.2, 0.25) is 0 Å². The Morgan fingerprint density at radius 3 is 1.78 bits per heavy atom. The standard InChI is InChI=1S/C42H68O23/c43-13-26-30(50)33(53)36(56)40(62-26)60-24-11-19(46)10-23-20(24)12-25(38(59-23)17-4-7-21(47)22(48)9-17)61-42-39(35(55)31(51)27(14-44)63-42)65-41-37(57)34(54)32(52)28(64-41)15-58-29(49)8-3-16-1-5-18(45)6-2-16/h3,8,16-28,30-48,50-57H,1-2,4-7,9-15H2/p+1. The van der Waals surface area contributed by atoms with E-state index in [1.807, 2.05) is 0 Å². The fourth-order valence-electron chi connectivity index (χ4n) is 10.5. The van der Waals surface area contributed by atoms with E-state index < -0.39 is 172 Å². The van der Waals surface area contributed by atoms with Crippen LogP contribution in [0.4, 0.5) is 0 Å². The molecular formula is C42H69O23+. The molecule has 0 bridgehead atoms. The van der Waals surface area contributed by atoms with Gasteiger partial charge in [-0.2, -0.15) is 0 Å². The Labute approximate surface area is 374 Å². The third-order valence-electron chi connectivity index (χ3n) is 14.4. The summed E-state index contributed by atoms with van der Waals surface area (Å²) < 4.78 is 46.7. The van der Waals surface area contributed by atoms with Gasteiger partial charge in [-0.25, -0.2) is 4.79 Å². The van der Waals surface area contributed by atoms with Crippen LogP contribution in [0.2, 0.25) is 0 Å². The number of allylic oxidation sites excluding steroid dienone is 1. The molecule has 3 aliphatic carbocycles. The molecule has 4 heterocycles. The van der Waals surface area contributed by atoms with Crippen molar-refractivity contribution in [2.24, 2.45) is 17.8 Å². The van der Waals surface area contributed by atoms with Gasteiger partial charge < -0.3 is 109 Å². The number of aliphatic hydroxyl groups excluding tert-OH is 14. The fourth-order valence-corrected chi connectivity index (χ4v) is 10.5. The van der Waals surface area contributed by atoms with E-state index >= 15 is 0 Å². The number of hydrogen-bond acceptors (Lipinski definition) is 22. The van der Waals surface area contributed by atoms with Crippen LogP contribution in [0.15, 0.2) is 12.2 Å². The number of aliphatic hydroxyl groups is 16. The zero-order valence-corrected chi connectivity index (χ0v) is 35.8. The molecule has 0 aromatic heterocycles. The van der Waals surface area contributed by atoms with Crippen molar-refractivity contribution in [1.82, 2.24) is 0 Å².